The number of fused-ring (bicyclic) bond motifs is 1. The van der Waals surface area contributed by atoms with Gasteiger partial charge in [0.2, 0.25) is 0 Å². The predicted octanol–water partition coefficient (Wildman–Crippen LogP) is 5.10. The molecule has 2 N–H and O–H groups in total. The van der Waals surface area contributed by atoms with Crippen LogP contribution in [0, 0.1) is 0 Å². The first kappa shape index (κ1) is 17.0. The monoisotopic (exact) mass is 374 g/mol. The van der Waals surface area contributed by atoms with Crippen molar-refractivity contribution in [2.24, 2.45) is 5.10 Å². The highest BCUT2D eigenvalue weighted by atomic mass is 35.5. The van der Waals surface area contributed by atoms with Crippen molar-refractivity contribution >= 4 is 34.5 Å². The van der Waals surface area contributed by atoms with E-state index in [1.165, 1.54) is 0 Å². The number of hydrazone groups is 1. The molecular weight excluding hydrogens is 360 g/mol. The first-order valence-electron chi connectivity index (χ1n) is 8.30. The minimum absolute atomic E-state index is 0.164. The van der Waals surface area contributed by atoms with Gasteiger partial charge in [0.05, 0.1) is 11.7 Å². The van der Waals surface area contributed by atoms with Gasteiger partial charge in [0.1, 0.15) is 5.75 Å². The molecule has 1 heterocycles. The molecule has 0 radical (unpaired) electrons. The van der Waals surface area contributed by atoms with E-state index in [0.29, 0.717) is 22.2 Å². The summed E-state index contributed by atoms with van der Waals surface area (Å²) in [5.74, 6) is 1.32. The fraction of sp³-hybridized carbons (Fsp3) is 0. The van der Waals surface area contributed by atoms with Crippen LogP contribution in [0.15, 0.2) is 77.9 Å². The van der Waals surface area contributed by atoms with Gasteiger partial charge in [-0.3, -0.25) is 5.43 Å². The van der Waals surface area contributed by atoms with Crippen LogP contribution in [0.5, 0.6) is 5.75 Å². The highest BCUT2D eigenvalue weighted by molar-refractivity contribution is 6.30. The summed E-state index contributed by atoms with van der Waals surface area (Å²) in [6.45, 7) is 0. The van der Waals surface area contributed by atoms with Crippen LogP contribution in [0.4, 0.5) is 5.82 Å². The number of nitrogens with zero attached hydrogens (tertiary/aromatic N) is 3. The Morgan fingerprint density at radius 2 is 1.63 bits per heavy atom. The lowest BCUT2D eigenvalue weighted by Gasteiger charge is -2.08. The first-order valence-corrected chi connectivity index (χ1v) is 8.68. The average Bonchev–Trinajstić information content (AvgIpc) is 2.70. The molecule has 4 aromatic rings. The minimum Gasteiger partial charge on any atom is -0.507 e. The molecule has 0 saturated carbocycles. The van der Waals surface area contributed by atoms with Crippen molar-refractivity contribution in [2.45, 2.75) is 0 Å². The number of anilines is 1. The van der Waals surface area contributed by atoms with Crippen LogP contribution in [0.3, 0.4) is 0 Å². The van der Waals surface area contributed by atoms with Crippen molar-refractivity contribution in [1.82, 2.24) is 9.97 Å². The summed E-state index contributed by atoms with van der Waals surface area (Å²) in [6, 6.07) is 22.0. The van der Waals surface area contributed by atoms with Gasteiger partial charge < -0.3 is 5.11 Å². The minimum atomic E-state index is 0.164. The van der Waals surface area contributed by atoms with Crippen molar-refractivity contribution in [3.05, 3.63) is 83.4 Å². The van der Waals surface area contributed by atoms with Gasteiger partial charge in [0.25, 0.3) is 0 Å². The lowest BCUT2D eigenvalue weighted by Crippen LogP contribution is -1.99. The number of nitrogens with one attached hydrogen (secondary N) is 1. The number of aromatic hydroxyl groups is 1. The molecule has 132 valence electrons. The van der Waals surface area contributed by atoms with Gasteiger partial charge in [-0.15, -0.1) is 0 Å². The normalized spacial score (nSPS) is 11.1. The molecule has 0 aliphatic carbocycles. The van der Waals surface area contributed by atoms with Crippen molar-refractivity contribution in [2.75, 3.05) is 5.43 Å². The maximum absolute atomic E-state index is 9.84. The third kappa shape index (κ3) is 3.73. The number of hydrogen-bond acceptors (Lipinski definition) is 5. The zero-order valence-corrected chi connectivity index (χ0v) is 14.9. The van der Waals surface area contributed by atoms with E-state index in [4.69, 9.17) is 11.6 Å². The molecule has 6 heteroatoms. The molecule has 0 spiro atoms. The fourth-order valence-electron chi connectivity index (χ4n) is 2.65. The van der Waals surface area contributed by atoms with E-state index in [-0.39, 0.29) is 5.75 Å². The van der Waals surface area contributed by atoms with Crippen LogP contribution < -0.4 is 5.43 Å². The zero-order chi connectivity index (χ0) is 18.6. The number of hydrogen-bond donors (Lipinski definition) is 2. The summed E-state index contributed by atoms with van der Waals surface area (Å²) >= 11 is 5.97. The zero-order valence-electron chi connectivity index (χ0n) is 14.2. The van der Waals surface area contributed by atoms with Gasteiger partial charge in [-0.1, -0.05) is 35.9 Å². The van der Waals surface area contributed by atoms with Crippen molar-refractivity contribution < 1.29 is 5.11 Å². The van der Waals surface area contributed by atoms with E-state index in [1.54, 1.807) is 36.5 Å². The molecule has 0 aliphatic heterocycles. The lowest BCUT2D eigenvalue weighted by atomic mass is 10.2. The van der Waals surface area contributed by atoms with Crippen molar-refractivity contribution in [1.29, 1.82) is 0 Å². The summed E-state index contributed by atoms with van der Waals surface area (Å²) in [6.07, 6.45) is 1.55. The van der Waals surface area contributed by atoms with Gasteiger partial charge >= 0.3 is 0 Å². The highest BCUT2D eigenvalue weighted by Crippen LogP contribution is 2.25. The molecule has 0 atom stereocenters. The standard InChI is InChI=1S/C21H15ClN4O/c22-16-11-9-14(10-12-16)20-24-18-7-3-2-6-17(18)21(25-20)26-23-13-15-5-1-4-8-19(15)27/h1-13,27H,(H,24,25,26)/b23-13+. The Kier molecular flexibility index (Phi) is 4.68. The summed E-state index contributed by atoms with van der Waals surface area (Å²) in [7, 11) is 0. The molecule has 3 aromatic carbocycles. The Balaban J connectivity index is 1.72. The second-order valence-electron chi connectivity index (χ2n) is 5.85. The number of phenolic OH excluding ortho intramolecular Hbond substituents is 1. The molecule has 5 nitrogen and oxygen atoms in total. The van der Waals surface area contributed by atoms with Gasteiger partial charge in [0.15, 0.2) is 11.6 Å². The van der Waals surface area contributed by atoms with Crippen LogP contribution in [-0.4, -0.2) is 21.3 Å². The molecule has 27 heavy (non-hydrogen) atoms. The topological polar surface area (TPSA) is 70.4 Å². The smallest absolute Gasteiger partial charge is 0.162 e. The highest BCUT2D eigenvalue weighted by Gasteiger charge is 2.09. The Morgan fingerprint density at radius 1 is 0.889 bits per heavy atom. The van der Waals surface area contributed by atoms with Gasteiger partial charge in [-0.2, -0.15) is 5.10 Å². The van der Waals surface area contributed by atoms with E-state index >= 15 is 0 Å². The predicted molar refractivity (Wildman–Crippen MR) is 109 cm³/mol. The Bertz CT molecular complexity index is 1130. The third-order valence-electron chi connectivity index (χ3n) is 4.02. The molecule has 1 aromatic heterocycles. The molecule has 0 fully saturated rings. The summed E-state index contributed by atoms with van der Waals surface area (Å²) < 4.78 is 0. The molecule has 0 bridgehead atoms. The first-order chi connectivity index (χ1) is 13.2. The van der Waals surface area contributed by atoms with E-state index < -0.39 is 0 Å². The maximum Gasteiger partial charge on any atom is 0.162 e. The largest absolute Gasteiger partial charge is 0.507 e. The van der Waals surface area contributed by atoms with Crippen LogP contribution in [0.25, 0.3) is 22.3 Å². The van der Waals surface area contributed by atoms with E-state index in [2.05, 4.69) is 20.5 Å². The van der Waals surface area contributed by atoms with Crippen LogP contribution in [0.1, 0.15) is 5.56 Å². The SMILES string of the molecule is Oc1ccccc1/C=N/Nc1nc(-c2ccc(Cl)cc2)nc2ccccc12. The number of aromatic nitrogens is 2. The maximum atomic E-state index is 9.84. The quantitative estimate of drug-likeness (QED) is 0.385. The molecule has 0 aliphatic rings. The number of para-hydroxylation sites is 2. The summed E-state index contributed by atoms with van der Waals surface area (Å²) in [5, 5.41) is 15.6. The van der Waals surface area contributed by atoms with Crippen molar-refractivity contribution in [3.63, 3.8) is 0 Å². The molecule has 0 unspecified atom stereocenters. The fourth-order valence-corrected chi connectivity index (χ4v) is 2.78. The van der Waals surface area contributed by atoms with Gasteiger partial charge in [0, 0.05) is 21.5 Å². The van der Waals surface area contributed by atoms with Crippen LogP contribution in [0.2, 0.25) is 5.02 Å². The van der Waals surface area contributed by atoms with Gasteiger partial charge in [-0.05, 0) is 48.5 Å². The second kappa shape index (κ2) is 7.43. The summed E-state index contributed by atoms with van der Waals surface area (Å²) in [4.78, 5) is 9.24. The van der Waals surface area contributed by atoms with Gasteiger partial charge in [-0.25, -0.2) is 9.97 Å². The van der Waals surface area contributed by atoms with E-state index in [9.17, 15) is 5.11 Å². The average molecular weight is 375 g/mol. The Hall–Kier alpha value is -3.44. The number of rotatable bonds is 4. The lowest BCUT2D eigenvalue weighted by molar-refractivity contribution is 0.474. The Morgan fingerprint density at radius 3 is 2.44 bits per heavy atom. The van der Waals surface area contributed by atoms with E-state index in [0.717, 1.165) is 16.5 Å². The third-order valence-corrected chi connectivity index (χ3v) is 4.27. The number of halogens is 1. The molecular formula is C21H15ClN4O. The Labute approximate surface area is 161 Å². The van der Waals surface area contributed by atoms with Crippen molar-refractivity contribution in [3.8, 4) is 17.1 Å². The molecule has 0 saturated heterocycles. The molecule has 0 amide bonds. The number of benzene rings is 3. The molecule has 4 rings (SSSR count). The second-order valence-corrected chi connectivity index (χ2v) is 6.29. The van der Waals surface area contributed by atoms with E-state index in [1.807, 2.05) is 42.5 Å². The van der Waals surface area contributed by atoms with Crippen LogP contribution >= 0.6 is 11.6 Å². The van der Waals surface area contributed by atoms with Crippen LogP contribution in [-0.2, 0) is 0 Å². The summed E-state index contributed by atoms with van der Waals surface area (Å²) in [5.41, 5.74) is 5.24. The number of phenols is 1.